The van der Waals surface area contributed by atoms with E-state index in [1.54, 1.807) is 25.1 Å². The van der Waals surface area contributed by atoms with Gasteiger partial charge in [-0.25, -0.2) is 4.98 Å². The molecule has 1 aromatic carbocycles. The molecule has 1 atom stereocenters. The third-order valence-corrected chi connectivity index (χ3v) is 2.85. The molecule has 0 amide bonds. The van der Waals surface area contributed by atoms with Crippen molar-refractivity contribution in [2.45, 2.75) is 19.6 Å². The third-order valence-electron chi connectivity index (χ3n) is 2.56. The molecular weight excluding hydrogens is 256 g/mol. The van der Waals surface area contributed by atoms with Crippen molar-refractivity contribution in [1.82, 2.24) is 9.55 Å². The summed E-state index contributed by atoms with van der Waals surface area (Å²) in [5.41, 5.74) is 0.220. The van der Waals surface area contributed by atoms with Gasteiger partial charge >= 0.3 is 0 Å². The quantitative estimate of drug-likeness (QED) is 0.856. The molecule has 0 saturated heterocycles. The predicted octanol–water partition coefficient (Wildman–Crippen LogP) is 1.44. The van der Waals surface area contributed by atoms with E-state index >= 15 is 0 Å². The first-order valence-corrected chi connectivity index (χ1v) is 5.83. The molecule has 0 aliphatic heterocycles. The zero-order chi connectivity index (χ0) is 13.3. The summed E-state index contributed by atoms with van der Waals surface area (Å²) < 4.78 is 6.31. The number of ether oxygens (including phenoxy) is 1. The van der Waals surface area contributed by atoms with Gasteiger partial charge in [-0.2, -0.15) is 0 Å². The maximum Gasteiger partial charge on any atom is 0.262 e. The van der Waals surface area contributed by atoms with E-state index in [4.69, 9.17) is 16.3 Å². The van der Waals surface area contributed by atoms with Crippen molar-refractivity contribution in [2.75, 3.05) is 7.11 Å². The van der Waals surface area contributed by atoms with Gasteiger partial charge in [0.25, 0.3) is 5.56 Å². The molecule has 0 fully saturated rings. The van der Waals surface area contributed by atoms with Crippen LogP contribution in [-0.4, -0.2) is 27.9 Å². The Bertz CT molecular complexity index is 637. The summed E-state index contributed by atoms with van der Waals surface area (Å²) in [6.45, 7) is 1.69. The minimum atomic E-state index is -0.676. The second-order valence-corrected chi connectivity index (χ2v) is 4.37. The first kappa shape index (κ1) is 12.9. The van der Waals surface area contributed by atoms with Gasteiger partial charge in [0.15, 0.2) is 0 Å². The molecule has 96 valence electrons. The van der Waals surface area contributed by atoms with Crippen LogP contribution in [0.4, 0.5) is 0 Å². The first-order chi connectivity index (χ1) is 8.52. The molecular formula is C12H13ClN2O3. The van der Waals surface area contributed by atoms with Gasteiger partial charge < -0.3 is 9.84 Å². The van der Waals surface area contributed by atoms with Gasteiger partial charge in [0, 0.05) is 0 Å². The SMILES string of the molecule is COc1ccc2nc(Cl)n(CC(C)O)c(=O)c2c1. The molecule has 18 heavy (non-hydrogen) atoms. The number of aliphatic hydroxyl groups excluding tert-OH is 1. The Morgan fingerprint density at radius 1 is 1.56 bits per heavy atom. The molecule has 1 aromatic heterocycles. The Morgan fingerprint density at radius 2 is 2.28 bits per heavy atom. The van der Waals surface area contributed by atoms with Crippen LogP contribution >= 0.6 is 11.6 Å². The van der Waals surface area contributed by atoms with Crippen molar-refractivity contribution in [2.24, 2.45) is 0 Å². The van der Waals surface area contributed by atoms with E-state index in [1.165, 1.54) is 11.7 Å². The Morgan fingerprint density at radius 3 is 2.89 bits per heavy atom. The Labute approximate surface area is 109 Å². The van der Waals surface area contributed by atoms with Crippen molar-refractivity contribution in [3.63, 3.8) is 0 Å². The number of hydrogen-bond acceptors (Lipinski definition) is 4. The average Bonchev–Trinajstić information content (AvgIpc) is 2.34. The monoisotopic (exact) mass is 268 g/mol. The number of halogens is 1. The van der Waals surface area contributed by atoms with Gasteiger partial charge in [0.1, 0.15) is 5.75 Å². The Kier molecular flexibility index (Phi) is 3.54. The van der Waals surface area contributed by atoms with Gasteiger partial charge in [-0.05, 0) is 36.7 Å². The van der Waals surface area contributed by atoms with Crippen LogP contribution in [0.2, 0.25) is 5.28 Å². The average molecular weight is 269 g/mol. The summed E-state index contributed by atoms with van der Waals surface area (Å²) in [5, 5.41) is 9.84. The lowest BCUT2D eigenvalue weighted by Crippen LogP contribution is -2.26. The normalized spacial score (nSPS) is 12.7. The second-order valence-electron chi connectivity index (χ2n) is 4.03. The molecule has 0 radical (unpaired) electrons. The summed E-state index contributed by atoms with van der Waals surface area (Å²) in [7, 11) is 1.53. The number of fused-ring (bicyclic) bond motifs is 1. The van der Waals surface area contributed by atoms with Crippen LogP contribution in [0.3, 0.4) is 0 Å². The predicted molar refractivity (Wildman–Crippen MR) is 69.2 cm³/mol. The number of aromatic nitrogens is 2. The Balaban J connectivity index is 2.70. The zero-order valence-electron chi connectivity index (χ0n) is 10.1. The van der Waals surface area contributed by atoms with Gasteiger partial charge in [-0.1, -0.05) is 0 Å². The van der Waals surface area contributed by atoms with Gasteiger partial charge in [0.05, 0.1) is 30.7 Å². The smallest absolute Gasteiger partial charge is 0.262 e. The summed E-state index contributed by atoms with van der Waals surface area (Å²) in [6, 6.07) is 5.00. The minimum Gasteiger partial charge on any atom is -0.497 e. The fourth-order valence-corrected chi connectivity index (χ4v) is 1.96. The fourth-order valence-electron chi connectivity index (χ4n) is 1.72. The van der Waals surface area contributed by atoms with Crippen LogP contribution in [0.1, 0.15) is 6.92 Å². The minimum absolute atomic E-state index is 0.0681. The molecule has 1 unspecified atom stereocenters. The molecule has 0 saturated carbocycles. The highest BCUT2D eigenvalue weighted by molar-refractivity contribution is 6.28. The molecule has 2 rings (SSSR count). The van der Waals surface area contributed by atoms with E-state index in [1.807, 2.05) is 0 Å². The largest absolute Gasteiger partial charge is 0.497 e. The third kappa shape index (κ3) is 2.32. The summed E-state index contributed by atoms with van der Waals surface area (Å²) in [5.74, 6) is 0.576. The van der Waals surface area contributed by atoms with Crippen molar-refractivity contribution < 1.29 is 9.84 Å². The number of rotatable bonds is 3. The molecule has 0 bridgehead atoms. The molecule has 1 heterocycles. The van der Waals surface area contributed by atoms with Gasteiger partial charge in [-0.15, -0.1) is 0 Å². The molecule has 0 aliphatic carbocycles. The zero-order valence-corrected chi connectivity index (χ0v) is 10.8. The summed E-state index contributed by atoms with van der Waals surface area (Å²) in [6.07, 6.45) is -0.676. The van der Waals surface area contributed by atoms with E-state index in [0.29, 0.717) is 16.7 Å². The van der Waals surface area contributed by atoms with Crippen LogP contribution in [0.5, 0.6) is 5.75 Å². The van der Waals surface area contributed by atoms with Crippen molar-refractivity contribution in [1.29, 1.82) is 0 Å². The van der Waals surface area contributed by atoms with Crippen LogP contribution < -0.4 is 10.3 Å². The molecule has 6 heteroatoms. The van der Waals surface area contributed by atoms with Crippen LogP contribution in [0, 0.1) is 0 Å². The topological polar surface area (TPSA) is 64.3 Å². The van der Waals surface area contributed by atoms with Crippen LogP contribution in [0.25, 0.3) is 10.9 Å². The highest BCUT2D eigenvalue weighted by atomic mass is 35.5. The number of hydrogen-bond donors (Lipinski definition) is 1. The van der Waals surface area contributed by atoms with E-state index in [-0.39, 0.29) is 17.4 Å². The van der Waals surface area contributed by atoms with Crippen molar-refractivity contribution in [3.8, 4) is 5.75 Å². The fraction of sp³-hybridized carbons (Fsp3) is 0.333. The molecule has 2 aromatic rings. The summed E-state index contributed by atoms with van der Waals surface area (Å²) in [4.78, 5) is 16.4. The maximum atomic E-state index is 12.2. The first-order valence-electron chi connectivity index (χ1n) is 5.45. The standard InChI is InChI=1S/C12H13ClN2O3/c1-7(16)6-15-11(17)9-5-8(18-2)3-4-10(9)14-12(15)13/h3-5,7,16H,6H2,1-2H3. The van der Waals surface area contributed by atoms with E-state index in [2.05, 4.69) is 4.98 Å². The highest BCUT2D eigenvalue weighted by Crippen LogP contribution is 2.18. The lowest BCUT2D eigenvalue weighted by molar-refractivity contribution is 0.172. The lowest BCUT2D eigenvalue weighted by atomic mass is 10.2. The van der Waals surface area contributed by atoms with Crippen LogP contribution in [-0.2, 0) is 6.54 Å². The number of aliphatic hydroxyl groups is 1. The molecule has 5 nitrogen and oxygen atoms in total. The highest BCUT2D eigenvalue weighted by Gasteiger charge is 2.11. The van der Waals surface area contributed by atoms with Crippen molar-refractivity contribution >= 4 is 22.5 Å². The van der Waals surface area contributed by atoms with Gasteiger partial charge in [0.2, 0.25) is 5.28 Å². The van der Waals surface area contributed by atoms with Crippen molar-refractivity contribution in [3.05, 3.63) is 33.8 Å². The molecule has 1 N–H and O–H groups in total. The maximum absolute atomic E-state index is 12.2. The Hall–Kier alpha value is -1.59. The van der Waals surface area contributed by atoms with E-state index in [9.17, 15) is 9.90 Å². The number of methoxy groups -OCH3 is 1. The van der Waals surface area contributed by atoms with Crippen LogP contribution in [0.15, 0.2) is 23.0 Å². The van der Waals surface area contributed by atoms with E-state index < -0.39 is 6.10 Å². The second kappa shape index (κ2) is 4.96. The lowest BCUT2D eigenvalue weighted by Gasteiger charge is -2.11. The number of benzene rings is 1. The van der Waals surface area contributed by atoms with Gasteiger partial charge in [-0.3, -0.25) is 9.36 Å². The number of nitrogens with zero attached hydrogens (tertiary/aromatic N) is 2. The van der Waals surface area contributed by atoms with E-state index in [0.717, 1.165) is 0 Å². The molecule has 0 spiro atoms. The summed E-state index contributed by atoms with van der Waals surface area (Å²) >= 11 is 5.94. The molecule has 0 aliphatic rings.